The number of nitrogens with two attached hydrogens (primary N) is 1. The van der Waals surface area contributed by atoms with Gasteiger partial charge < -0.3 is 15.0 Å². The topological polar surface area (TPSA) is 57.4 Å². The fourth-order valence-corrected chi connectivity index (χ4v) is 2.28. The highest BCUT2D eigenvalue weighted by Gasteiger charge is 2.52. The second kappa shape index (κ2) is 3.96. The second-order valence-corrected chi connectivity index (χ2v) is 6.60. The van der Waals surface area contributed by atoms with Crippen LogP contribution in [-0.2, 0) is 9.31 Å². The van der Waals surface area contributed by atoms with Gasteiger partial charge in [-0.2, -0.15) is 0 Å². The summed E-state index contributed by atoms with van der Waals surface area (Å²) in [6.07, 6.45) is 4.17. The number of pyridine rings is 1. The highest BCUT2D eigenvalue weighted by molar-refractivity contribution is 6.63. The van der Waals surface area contributed by atoms with Crippen molar-refractivity contribution >= 4 is 18.3 Å². The Morgan fingerprint density at radius 1 is 1.21 bits per heavy atom. The van der Waals surface area contributed by atoms with Gasteiger partial charge in [-0.05, 0) is 46.6 Å². The summed E-state index contributed by atoms with van der Waals surface area (Å²) >= 11 is 0. The molecule has 0 amide bonds. The van der Waals surface area contributed by atoms with Crippen LogP contribution >= 0.6 is 0 Å². The first-order chi connectivity index (χ1) is 8.80. The Morgan fingerprint density at radius 3 is 2.32 bits per heavy atom. The molecule has 2 fully saturated rings. The Kier molecular flexibility index (Phi) is 2.70. The van der Waals surface area contributed by atoms with Crippen molar-refractivity contribution in [1.82, 2.24) is 4.98 Å². The summed E-state index contributed by atoms with van der Waals surface area (Å²) in [6.45, 7) is 8.19. The predicted molar refractivity (Wildman–Crippen MR) is 76.3 cm³/mol. The largest absolute Gasteiger partial charge is 0.497 e. The molecule has 2 N–H and O–H groups in total. The van der Waals surface area contributed by atoms with Gasteiger partial charge in [0.05, 0.1) is 11.2 Å². The van der Waals surface area contributed by atoms with Crippen LogP contribution in [0.25, 0.3) is 0 Å². The summed E-state index contributed by atoms with van der Waals surface area (Å²) in [5.41, 5.74) is 8.03. The van der Waals surface area contributed by atoms with Gasteiger partial charge >= 0.3 is 7.12 Å². The zero-order valence-electron chi connectivity index (χ0n) is 12.1. The van der Waals surface area contributed by atoms with Crippen molar-refractivity contribution < 1.29 is 9.31 Å². The quantitative estimate of drug-likeness (QED) is 0.824. The van der Waals surface area contributed by atoms with E-state index in [1.807, 2.05) is 27.7 Å². The number of nitrogens with zero attached hydrogens (tertiary/aromatic N) is 1. The number of nitrogen functional groups attached to an aromatic ring is 1. The summed E-state index contributed by atoms with van der Waals surface area (Å²) in [6, 6.07) is 2.05. The van der Waals surface area contributed by atoms with Gasteiger partial charge in [0.15, 0.2) is 0 Å². The van der Waals surface area contributed by atoms with Crippen molar-refractivity contribution in [3.63, 3.8) is 0 Å². The van der Waals surface area contributed by atoms with Crippen LogP contribution in [0.5, 0.6) is 0 Å². The summed E-state index contributed by atoms with van der Waals surface area (Å²) in [4.78, 5) is 4.41. The van der Waals surface area contributed by atoms with E-state index in [0.717, 1.165) is 11.2 Å². The normalized spacial score (nSPS) is 24.7. The average Bonchev–Trinajstić information content (AvgIpc) is 3.08. The molecule has 1 saturated heterocycles. The van der Waals surface area contributed by atoms with Crippen LogP contribution in [0.15, 0.2) is 12.3 Å². The van der Waals surface area contributed by atoms with Gasteiger partial charge in [-0.15, -0.1) is 0 Å². The van der Waals surface area contributed by atoms with Crippen molar-refractivity contribution in [3.8, 4) is 0 Å². The lowest BCUT2D eigenvalue weighted by Crippen LogP contribution is -2.41. The van der Waals surface area contributed by atoms with Crippen molar-refractivity contribution in [2.75, 3.05) is 5.73 Å². The fourth-order valence-electron chi connectivity index (χ4n) is 2.28. The molecule has 5 heteroatoms. The summed E-state index contributed by atoms with van der Waals surface area (Å²) in [7, 11) is -0.398. The minimum absolute atomic E-state index is 0.340. The molecule has 0 spiro atoms. The summed E-state index contributed by atoms with van der Waals surface area (Å²) < 4.78 is 12.1. The molecule has 1 aromatic rings. The van der Waals surface area contributed by atoms with Crippen LogP contribution in [0.2, 0.25) is 0 Å². The Balaban J connectivity index is 1.92. The predicted octanol–water partition coefficient (Wildman–Crippen LogP) is 1.84. The Labute approximate surface area is 114 Å². The zero-order chi connectivity index (χ0) is 13.8. The molecule has 0 atom stereocenters. The van der Waals surface area contributed by atoms with Gasteiger partial charge in [0.1, 0.15) is 0 Å². The molecule has 102 valence electrons. The maximum Gasteiger partial charge on any atom is 0.497 e. The van der Waals surface area contributed by atoms with Crippen LogP contribution in [0.1, 0.15) is 52.1 Å². The number of rotatable bonds is 2. The first-order valence-electron chi connectivity index (χ1n) is 6.91. The smallest absolute Gasteiger partial charge is 0.399 e. The Morgan fingerprint density at radius 2 is 1.79 bits per heavy atom. The van der Waals surface area contributed by atoms with E-state index in [4.69, 9.17) is 15.0 Å². The van der Waals surface area contributed by atoms with E-state index in [2.05, 4.69) is 11.1 Å². The molecule has 0 aromatic carbocycles. The number of anilines is 1. The van der Waals surface area contributed by atoms with E-state index in [-0.39, 0.29) is 11.2 Å². The lowest BCUT2D eigenvalue weighted by atomic mass is 9.78. The van der Waals surface area contributed by atoms with E-state index in [0.29, 0.717) is 11.6 Å². The third kappa shape index (κ3) is 2.15. The van der Waals surface area contributed by atoms with Crippen molar-refractivity contribution in [1.29, 1.82) is 0 Å². The van der Waals surface area contributed by atoms with Gasteiger partial charge in [0.2, 0.25) is 0 Å². The van der Waals surface area contributed by atoms with Gasteiger partial charge in [-0.1, -0.05) is 0 Å². The molecule has 2 aliphatic rings. The lowest BCUT2D eigenvalue weighted by Gasteiger charge is -2.32. The SMILES string of the molecule is CC1(C)OB(c2cc(C3CC3)ncc2N)OC1(C)C. The zero-order valence-corrected chi connectivity index (χ0v) is 12.1. The molecular formula is C14H21BN2O2. The number of hydrogen-bond donors (Lipinski definition) is 1. The van der Waals surface area contributed by atoms with E-state index in [1.165, 1.54) is 12.8 Å². The molecule has 0 unspecified atom stereocenters. The summed E-state index contributed by atoms with van der Waals surface area (Å²) in [5.74, 6) is 0.599. The maximum absolute atomic E-state index is 6.06. The molecule has 1 aliphatic heterocycles. The minimum atomic E-state index is -0.398. The highest BCUT2D eigenvalue weighted by atomic mass is 16.7. The third-order valence-electron chi connectivity index (χ3n) is 4.49. The number of aromatic nitrogens is 1. The molecule has 0 radical (unpaired) electrons. The lowest BCUT2D eigenvalue weighted by molar-refractivity contribution is 0.00578. The molecule has 19 heavy (non-hydrogen) atoms. The molecule has 1 aromatic heterocycles. The molecule has 1 saturated carbocycles. The van der Waals surface area contributed by atoms with Crippen molar-refractivity contribution in [2.24, 2.45) is 0 Å². The van der Waals surface area contributed by atoms with E-state index < -0.39 is 7.12 Å². The van der Waals surface area contributed by atoms with E-state index in [9.17, 15) is 0 Å². The molecule has 1 aliphatic carbocycles. The molecular weight excluding hydrogens is 239 g/mol. The van der Waals surface area contributed by atoms with Gasteiger partial charge in [-0.3, -0.25) is 4.98 Å². The van der Waals surface area contributed by atoms with Crippen LogP contribution in [0, 0.1) is 0 Å². The number of hydrogen-bond acceptors (Lipinski definition) is 4. The first kappa shape index (κ1) is 12.9. The van der Waals surface area contributed by atoms with Crippen molar-refractivity contribution in [3.05, 3.63) is 18.0 Å². The monoisotopic (exact) mass is 260 g/mol. The van der Waals surface area contributed by atoms with Gasteiger partial charge in [0.25, 0.3) is 0 Å². The maximum atomic E-state index is 6.06. The Bertz CT molecular complexity index is 496. The molecule has 0 bridgehead atoms. The van der Waals surface area contributed by atoms with E-state index >= 15 is 0 Å². The standard InChI is InChI=1S/C14H21BN2O2/c1-13(2)14(3,4)19-15(18-13)10-7-12(9-5-6-9)17-8-11(10)16/h7-9H,5-6,16H2,1-4H3. The fraction of sp³-hybridized carbons (Fsp3) is 0.643. The average molecular weight is 260 g/mol. The third-order valence-corrected chi connectivity index (χ3v) is 4.49. The molecule has 2 heterocycles. The van der Waals surface area contributed by atoms with Crippen LogP contribution in [0.3, 0.4) is 0 Å². The van der Waals surface area contributed by atoms with Crippen LogP contribution in [-0.4, -0.2) is 23.3 Å². The van der Waals surface area contributed by atoms with Gasteiger partial charge in [-0.25, -0.2) is 0 Å². The summed E-state index contributed by atoms with van der Waals surface area (Å²) in [5, 5.41) is 0. The Hall–Kier alpha value is -1.07. The first-order valence-corrected chi connectivity index (χ1v) is 6.91. The molecule has 3 rings (SSSR count). The molecule has 4 nitrogen and oxygen atoms in total. The highest BCUT2D eigenvalue weighted by Crippen LogP contribution is 2.40. The minimum Gasteiger partial charge on any atom is -0.399 e. The van der Waals surface area contributed by atoms with Crippen LogP contribution < -0.4 is 11.2 Å². The van der Waals surface area contributed by atoms with Gasteiger partial charge in [0, 0.05) is 29.0 Å². The van der Waals surface area contributed by atoms with Crippen molar-refractivity contribution in [2.45, 2.75) is 57.7 Å². The van der Waals surface area contributed by atoms with E-state index in [1.54, 1.807) is 6.20 Å². The second-order valence-electron chi connectivity index (χ2n) is 6.60. The van der Waals surface area contributed by atoms with Crippen LogP contribution in [0.4, 0.5) is 5.69 Å².